The van der Waals surface area contributed by atoms with Crippen LogP contribution in [0.4, 0.5) is 11.5 Å². The van der Waals surface area contributed by atoms with Crippen LogP contribution in [0.3, 0.4) is 0 Å². The topological polar surface area (TPSA) is 130 Å². The van der Waals surface area contributed by atoms with Crippen LogP contribution in [-0.4, -0.2) is 60.1 Å². The molecule has 2 amide bonds. The highest BCUT2D eigenvalue weighted by atomic mass is 32.1. The predicted octanol–water partition coefficient (Wildman–Crippen LogP) is 4.67. The van der Waals surface area contributed by atoms with Crippen molar-refractivity contribution in [3.05, 3.63) is 58.7 Å². The zero-order valence-corrected chi connectivity index (χ0v) is 25.1. The third-order valence-corrected chi connectivity index (χ3v) is 8.00. The summed E-state index contributed by atoms with van der Waals surface area (Å²) < 4.78 is 5.80. The summed E-state index contributed by atoms with van der Waals surface area (Å²) in [6, 6.07) is 11.8. The Hall–Kier alpha value is -4.09. The molecule has 0 radical (unpaired) electrons. The first-order valence-electron chi connectivity index (χ1n) is 14.4. The Balaban J connectivity index is 1.16. The van der Waals surface area contributed by atoms with E-state index in [1.807, 2.05) is 26.0 Å². The molecule has 10 nitrogen and oxygen atoms in total. The van der Waals surface area contributed by atoms with E-state index in [4.69, 9.17) is 9.72 Å². The average molecular weight is 588 g/mol. The number of rotatable bonds is 12. The van der Waals surface area contributed by atoms with Crippen molar-refractivity contribution < 1.29 is 14.3 Å². The summed E-state index contributed by atoms with van der Waals surface area (Å²) in [7, 11) is 1.58. The van der Waals surface area contributed by atoms with Gasteiger partial charge in [0.05, 0.1) is 18.7 Å². The van der Waals surface area contributed by atoms with Gasteiger partial charge in [0.2, 0.25) is 11.8 Å². The van der Waals surface area contributed by atoms with Crippen molar-refractivity contribution in [1.82, 2.24) is 25.6 Å². The second-order valence-electron chi connectivity index (χ2n) is 10.7. The molecule has 42 heavy (non-hydrogen) atoms. The minimum absolute atomic E-state index is 0.147. The highest BCUT2D eigenvalue weighted by molar-refractivity contribution is 7.17. The molecule has 0 saturated heterocycles. The molecule has 4 N–H and O–H groups in total. The molecule has 0 bridgehead atoms. The summed E-state index contributed by atoms with van der Waals surface area (Å²) in [5.74, 6) is 0.563. The molecule has 4 aromatic rings. The number of thiazole rings is 1. The number of nitrogens with zero attached hydrogens (tertiary/aromatic N) is 3. The van der Waals surface area contributed by atoms with Crippen LogP contribution >= 0.6 is 11.3 Å². The Morgan fingerprint density at radius 2 is 1.90 bits per heavy atom. The Labute approximate surface area is 249 Å². The number of carbonyl (C=O) groups is 2. The van der Waals surface area contributed by atoms with Gasteiger partial charge in [-0.15, -0.1) is 11.3 Å². The molecule has 0 aliphatic heterocycles. The first kappa shape index (κ1) is 29.4. The summed E-state index contributed by atoms with van der Waals surface area (Å²) >= 11 is 1.24. The molecule has 0 atom stereocenters. The monoisotopic (exact) mass is 587 g/mol. The van der Waals surface area contributed by atoms with Gasteiger partial charge in [0, 0.05) is 48.7 Å². The van der Waals surface area contributed by atoms with Crippen molar-refractivity contribution in [2.75, 3.05) is 43.9 Å². The van der Waals surface area contributed by atoms with E-state index in [1.165, 1.54) is 41.1 Å². The van der Waals surface area contributed by atoms with Gasteiger partial charge in [-0.1, -0.05) is 32.0 Å². The third-order valence-electron chi connectivity index (χ3n) is 6.92. The predicted molar refractivity (Wildman–Crippen MR) is 167 cm³/mol. The van der Waals surface area contributed by atoms with E-state index >= 15 is 0 Å². The number of amides is 2. The Morgan fingerprint density at radius 3 is 2.74 bits per heavy atom. The lowest BCUT2D eigenvalue weighted by molar-refractivity contribution is -0.115. The summed E-state index contributed by atoms with van der Waals surface area (Å²) in [6.45, 7) is 5.96. The zero-order chi connectivity index (χ0) is 29.5. The lowest BCUT2D eigenvalue weighted by atomic mass is 9.92. The molecule has 1 aromatic carbocycles. The Bertz CT molecular complexity index is 1570. The van der Waals surface area contributed by atoms with E-state index in [2.05, 4.69) is 43.4 Å². The number of benzene rings is 1. The van der Waals surface area contributed by atoms with Crippen molar-refractivity contribution in [3.63, 3.8) is 0 Å². The van der Waals surface area contributed by atoms with Gasteiger partial charge in [0.15, 0.2) is 4.88 Å². The third kappa shape index (κ3) is 7.03. The molecule has 3 aromatic heterocycles. The number of aromatic nitrogens is 3. The number of aryl methyl sites for hydroxylation is 1. The van der Waals surface area contributed by atoms with Gasteiger partial charge in [-0.3, -0.25) is 14.6 Å². The lowest BCUT2D eigenvalue weighted by Gasteiger charge is -2.21. The largest absolute Gasteiger partial charge is 0.476 e. The number of carbonyl (C=O) groups excluding carboxylic acids is 2. The first-order chi connectivity index (χ1) is 20.4. The molecule has 0 spiro atoms. The molecular weight excluding hydrogens is 550 g/mol. The SMILES string of the molecule is CNC(=O)c1sc(-c2ccnc(NC(=O)CNCCNc3c4c(nc5ccccc35)CCCC4)c2)nc1OCC(C)C. The minimum atomic E-state index is -0.252. The van der Waals surface area contributed by atoms with Crippen LogP contribution in [-0.2, 0) is 17.6 Å². The maximum Gasteiger partial charge on any atom is 0.266 e. The fourth-order valence-electron chi connectivity index (χ4n) is 4.90. The van der Waals surface area contributed by atoms with Crippen molar-refractivity contribution in [2.24, 2.45) is 5.92 Å². The number of pyridine rings is 2. The molecule has 1 aliphatic carbocycles. The average Bonchev–Trinajstić information content (AvgIpc) is 3.43. The van der Waals surface area contributed by atoms with Gasteiger partial charge < -0.3 is 26.0 Å². The van der Waals surface area contributed by atoms with Crippen molar-refractivity contribution >= 4 is 45.6 Å². The summed E-state index contributed by atoms with van der Waals surface area (Å²) in [5.41, 5.74) is 5.45. The maximum atomic E-state index is 12.7. The fraction of sp³-hybridized carbons (Fsp3) is 0.387. The van der Waals surface area contributed by atoms with Gasteiger partial charge >= 0.3 is 0 Å². The maximum absolute atomic E-state index is 12.7. The number of fused-ring (bicyclic) bond motifs is 2. The summed E-state index contributed by atoms with van der Waals surface area (Å²) in [6.07, 6.45) is 6.03. The number of anilines is 2. The molecule has 11 heteroatoms. The molecule has 5 rings (SSSR count). The molecule has 0 fully saturated rings. The van der Waals surface area contributed by atoms with Crippen LogP contribution in [0.1, 0.15) is 47.6 Å². The summed E-state index contributed by atoms with van der Waals surface area (Å²) in [4.78, 5) is 39.2. The van der Waals surface area contributed by atoms with Gasteiger partial charge in [-0.05, 0) is 55.4 Å². The standard InChI is InChI=1S/C31H37N7O3S/c1-19(2)18-41-30-28(29(40)32-3)42-31(38-30)20-12-13-34-25(16-20)37-26(39)17-33-14-15-35-27-21-8-4-6-10-23(21)36-24-11-7-5-9-22(24)27/h4,6,8,10,12-13,16,19,33H,5,7,9,11,14-15,17-18H2,1-3H3,(H,32,40)(H,35,36)(H,34,37,39). The number of para-hydroxylation sites is 1. The van der Waals surface area contributed by atoms with Crippen molar-refractivity contribution in [3.8, 4) is 16.5 Å². The van der Waals surface area contributed by atoms with Gasteiger partial charge in [0.1, 0.15) is 10.8 Å². The van der Waals surface area contributed by atoms with E-state index < -0.39 is 0 Å². The smallest absolute Gasteiger partial charge is 0.266 e. The van der Waals surface area contributed by atoms with Crippen LogP contribution in [0.5, 0.6) is 5.88 Å². The Morgan fingerprint density at radius 1 is 1.07 bits per heavy atom. The first-order valence-corrected chi connectivity index (χ1v) is 15.2. The molecule has 1 aliphatic rings. The molecular formula is C31H37N7O3S. The normalized spacial score (nSPS) is 12.7. The van der Waals surface area contributed by atoms with E-state index in [0.29, 0.717) is 47.2 Å². The molecule has 220 valence electrons. The van der Waals surface area contributed by atoms with Gasteiger partial charge in [-0.2, -0.15) is 0 Å². The number of nitrogens with one attached hydrogen (secondary N) is 4. The Kier molecular flexibility index (Phi) is 9.60. The second-order valence-corrected chi connectivity index (χ2v) is 11.7. The number of hydrogen-bond acceptors (Lipinski definition) is 9. The number of ether oxygens (including phenoxy) is 1. The van der Waals surface area contributed by atoms with Gasteiger partial charge in [-0.25, -0.2) is 9.97 Å². The minimum Gasteiger partial charge on any atom is -0.476 e. The van der Waals surface area contributed by atoms with Crippen LogP contribution in [0.15, 0.2) is 42.6 Å². The quantitative estimate of drug-likeness (QED) is 0.176. The van der Waals surface area contributed by atoms with E-state index in [9.17, 15) is 9.59 Å². The van der Waals surface area contributed by atoms with Crippen molar-refractivity contribution in [1.29, 1.82) is 0 Å². The fourth-order valence-corrected chi connectivity index (χ4v) is 5.85. The van der Waals surface area contributed by atoms with Crippen LogP contribution in [0.25, 0.3) is 21.5 Å². The van der Waals surface area contributed by atoms with Gasteiger partial charge in [0.25, 0.3) is 5.91 Å². The van der Waals surface area contributed by atoms with Crippen LogP contribution in [0.2, 0.25) is 0 Å². The van der Waals surface area contributed by atoms with Crippen LogP contribution in [0, 0.1) is 5.92 Å². The van der Waals surface area contributed by atoms with Crippen LogP contribution < -0.4 is 26.0 Å². The van der Waals surface area contributed by atoms with E-state index in [1.54, 1.807) is 25.4 Å². The van der Waals surface area contributed by atoms with E-state index in [0.717, 1.165) is 29.3 Å². The molecule has 0 saturated carbocycles. The molecule has 3 heterocycles. The highest BCUT2D eigenvalue weighted by Gasteiger charge is 2.21. The zero-order valence-electron chi connectivity index (χ0n) is 24.3. The van der Waals surface area contributed by atoms with Crippen molar-refractivity contribution in [2.45, 2.75) is 39.5 Å². The molecule has 0 unspecified atom stereocenters. The number of hydrogen-bond donors (Lipinski definition) is 4. The summed E-state index contributed by atoms with van der Waals surface area (Å²) in [5, 5.41) is 14.1. The van der Waals surface area contributed by atoms with E-state index in [-0.39, 0.29) is 18.4 Å². The second kappa shape index (κ2) is 13.7. The lowest BCUT2D eigenvalue weighted by Crippen LogP contribution is -2.31. The highest BCUT2D eigenvalue weighted by Crippen LogP contribution is 2.34.